The molecule has 43 heavy (non-hydrogen) atoms. The molecule has 3 aromatic rings. The number of unbranched alkanes of at least 4 members (excludes halogenated alkanes) is 11. The lowest BCUT2D eigenvalue weighted by Crippen LogP contribution is -3.00. The minimum atomic E-state index is -0.0651. The second-order valence-electron chi connectivity index (χ2n) is 12.8. The van der Waals surface area contributed by atoms with E-state index in [-0.39, 0.29) is 28.3 Å². The molecule has 0 saturated heterocycles. The topological polar surface area (TPSA) is 42.2 Å². The molecule has 0 spiro atoms. The number of hydrogen-bond acceptors (Lipinski definition) is 3. The van der Waals surface area contributed by atoms with Crippen LogP contribution in [0.2, 0.25) is 0 Å². The summed E-state index contributed by atoms with van der Waals surface area (Å²) >= 11 is 1.74. The van der Waals surface area contributed by atoms with Crippen LogP contribution in [0.3, 0.4) is 0 Å². The number of amides is 1. The highest BCUT2D eigenvalue weighted by atomic mass is 79.9. The number of ether oxygens (including phenoxy) is 1. The van der Waals surface area contributed by atoms with E-state index in [0.717, 1.165) is 41.1 Å². The highest BCUT2D eigenvalue weighted by molar-refractivity contribution is 7.09. The molecule has 1 amide bonds. The number of para-hydroxylation sites is 1. The van der Waals surface area contributed by atoms with Gasteiger partial charge in [-0.2, -0.15) is 4.57 Å². The molecule has 0 bridgehead atoms. The summed E-state index contributed by atoms with van der Waals surface area (Å²) in [7, 11) is 0. The van der Waals surface area contributed by atoms with Gasteiger partial charge in [0.05, 0.1) is 17.9 Å². The van der Waals surface area contributed by atoms with Crippen molar-refractivity contribution in [2.45, 2.75) is 130 Å². The van der Waals surface area contributed by atoms with Crippen LogP contribution in [0.15, 0.2) is 54.2 Å². The van der Waals surface area contributed by atoms with Gasteiger partial charge in [-0.05, 0) is 36.5 Å². The van der Waals surface area contributed by atoms with Crippen molar-refractivity contribution >= 4 is 22.9 Å². The molecule has 1 N–H and O–H groups in total. The Bertz CT molecular complexity index is 1220. The Balaban J connectivity index is 0.00000645. The molecule has 238 valence electrons. The number of hydrogen-bond donors (Lipinski definition) is 1. The normalized spacial score (nSPS) is 11.3. The lowest BCUT2D eigenvalue weighted by Gasteiger charge is -2.25. The first-order valence-corrected chi connectivity index (χ1v) is 17.2. The molecule has 1 aromatic heterocycles. The van der Waals surface area contributed by atoms with Crippen LogP contribution in [0.5, 0.6) is 5.75 Å². The summed E-state index contributed by atoms with van der Waals surface area (Å²) in [5.41, 5.74) is 6.18. The Hall–Kier alpha value is -2.18. The van der Waals surface area contributed by atoms with Gasteiger partial charge in [0.25, 0.3) is 0 Å². The molecular weight excluding hydrogens is 616 g/mol. The summed E-state index contributed by atoms with van der Waals surface area (Å²) in [5.74, 6) is 0.869. The van der Waals surface area contributed by atoms with Gasteiger partial charge in [0.2, 0.25) is 11.4 Å². The van der Waals surface area contributed by atoms with Crippen molar-refractivity contribution in [3.63, 3.8) is 0 Å². The number of carbonyl (C=O) groups excluding carboxylic acids is 1. The van der Waals surface area contributed by atoms with Crippen molar-refractivity contribution in [1.29, 1.82) is 0 Å². The fourth-order valence-corrected chi connectivity index (χ4v) is 6.10. The van der Waals surface area contributed by atoms with Gasteiger partial charge in [0, 0.05) is 16.8 Å². The largest absolute Gasteiger partial charge is 1.00 e. The van der Waals surface area contributed by atoms with Crippen LogP contribution < -0.4 is 31.6 Å². The van der Waals surface area contributed by atoms with Crippen molar-refractivity contribution in [2.75, 3.05) is 11.9 Å². The number of rotatable bonds is 19. The second-order valence-corrected chi connectivity index (χ2v) is 13.9. The first-order chi connectivity index (χ1) is 20.3. The van der Waals surface area contributed by atoms with Crippen LogP contribution in [0.25, 0.3) is 0 Å². The lowest BCUT2D eigenvalue weighted by atomic mass is 9.84. The number of thiazole rings is 1. The van der Waals surface area contributed by atoms with Gasteiger partial charge in [-0.25, -0.2) is 0 Å². The number of aromatic nitrogens is 1. The number of benzene rings is 2. The van der Waals surface area contributed by atoms with E-state index in [2.05, 4.69) is 80.5 Å². The van der Waals surface area contributed by atoms with E-state index >= 15 is 0 Å². The molecule has 0 unspecified atom stereocenters. The van der Waals surface area contributed by atoms with Crippen molar-refractivity contribution in [3.8, 4) is 5.75 Å². The maximum absolute atomic E-state index is 13.2. The molecule has 0 atom stereocenters. The van der Waals surface area contributed by atoms with Crippen LogP contribution in [0.4, 0.5) is 5.69 Å². The number of nitrogens with one attached hydrogen (secondary N) is 1. The maximum Gasteiger partial charge on any atom is 0.228 e. The summed E-state index contributed by atoms with van der Waals surface area (Å²) in [6.45, 7) is 12.5. The minimum Gasteiger partial charge on any atom is -1.00 e. The Morgan fingerprint density at radius 2 is 1.51 bits per heavy atom. The Morgan fingerprint density at radius 1 is 0.884 bits per heavy atom. The van der Waals surface area contributed by atoms with E-state index in [1.165, 1.54) is 75.5 Å². The van der Waals surface area contributed by atoms with E-state index < -0.39 is 0 Å². The summed E-state index contributed by atoms with van der Waals surface area (Å²) in [5, 5.41) is 3.12. The average Bonchev–Trinajstić information content (AvgIpc) is 3.35. The lowest BCUT2D eigenvalue weighted by molar-refractivity contribution is -0.683. The van der Waals surface area contributed by atoms with Crippen molar-refractivity contribution in [2.24, 2.45) is 0 Å². The summed E-state index contributed by atoms with van der Waals surface area (Å²) in [6, 6.07) is 14.4. The molecule has 3 rings (SSSR count). The Morgan fingerprint density at radius 3 is 2.12 bits per heavy atom. The smallest absolute Gasteiger partial charge is 0.228 e. The third kappa shape index (κ3) is 14.0. The Labute approximate surface area is 276 Å². The number of halogens is 1. The van der Waals surface area contributed by atoms with Gasteiger partial charge in [0.1, 0.15) is 5.75 Å². The number of anilines is 1. The summed E-state index contributed by atoms with van der Waals surface area (Å²) in [4.78, 5) is 14.5. The van der Waals surface area contributed by atoms with Gasteiger partial charge >= 0.3 is 0 Å². The van der Waals surface area contributed by atoms with Crippen LogP contribution >= 0.6 is 11.3 Å². The molecular formula is C37H55BrN2O2S. The van der Waals surface area contributed by atoms with Crippen LogP contribution in [0, 0.1) is 6.92 Å². The van der Waals surface area contributed by atoms with E-state index in [1.54, 1.807) is 11.3 Å². The number of nitrogens with zero attached hydrogens (tertiary/aromatic N) is 1. The molecule has 0 aliphatic carbocycles. The predicted octanol–water partition coefficient (Wildman–Crippen LogP) is 6.95. The highest BCUT2D eigenvalue weighted by Gasteiger charge is 2.22. The van der Waals surface area contributed by atoms with Crippen molar-refractivity contribution < 1.29 is 31.1 Å². The molecule has 2 aromatic carbocycles. The van der Waals surface area contributed by atoms with Crippen LogP contribution in [-0.2, 0) is 23.2 Å². The van der Waals surface area contributed by atoms with E-state index in [1.807, 2.05) is 18.2 Å². The molecule has 0 fully saturated rings. The van der Waals surface area contributed by atoms with E-state index in [9.17, 15) is 4.79 Å². The molecule has 6 heteroatoms. The zero-order valence-corrected chi connectivity index (χ0v) is 29.8. The highest BCUT2D eigenvalue weighted by Crippen LogP contribution is 2.35. The third-order valence-electron chi connectivity index (χ3n) is 7.80. The minimum absolute atomic E-state index is 0. The predicted molar refractivity (Wildman–Crippen MR) is 179 cm³/mol. The van der Waals surface area contributed by atoms with Gasteiger partial charge < -0.3 is 27.0 Å². The van der Waals surface area contributed by atoms with Crippen molar-refractivity contribution in [3.05, 3.63) is 75.7 Å². The zero-order chi connectivity index (χ0) is 30.2. The fourth-order valence-electron chi connectivity index (χ4n) is 5.47. The average molecular weight is 672 g/mol. The van der Waals surface area contributed by atoms with Gasteiger partial charge in [-0.1, -0.05) is 140 Å². The Kier molecular flexibility index (Phi) is 17.2. The van der Waals surface area contributed by atoms with E-state index in [4.69, 9.17) is 4.74 Å². The molecule has 0 aliphatic heterocycles. The molecule has 4 nitrogen and oxygen atoms in total. The molecule has 0 saturated carbocycles. The molecule has 1 heterocycles. The fraction of sp³-hybridized carbons (Fsp3) is 0.568. The molecule has 0 aliphatic rings. The second kappa shape index (κ2) is 20.0. The summed E-state index contributed by atoms with van der Waals surface area (Å²) < 4.78 is 8.62. The number of aryl methyl sites for hydroxylation is 1. The SMILES string of the molecule is CCCCCCCCCCCCCCOc1c(CC(=O)Nc2cccc(C[n+]3csc(C)c3)c2)cccc1C(C)(C)C.[Br-]. The van der Waals surface area contributed by atoms with Crippen LogP contribution in [0.1, 0.15) is 126 Å². The van der Waals surface area contributed by atoms with Gasteiger partial charge in [-0.15, -0.1) is 0 Å². The standard InChI is InChI=1S/C37H54N2O2S.BrH/c1-6-7-8-9-10-11-12-13-14-15-16-17-24-41-36-32(21-19-23-34(36)37(3,4)5)26-35(40)38-33-22-18-20-31(25-33)28-39-27-30(2)42-29-39;/h18-23,25,27,29H,6-17,24,26,28H2,1-5H3;1H. The first-order valence-electron chi connectivity index (χ1n) is 16.3. The van der Waals surface area contributed by atoms with Gasteiger partial charge in [-0.3, -0.25) is 4.79 Å². The van der Waals surface area contributed by atoms with Gasteiger partial charge in [0.15, 0.2) is 12.7 Å². The monoisotopic (exact) mass is 670 g/mol. The summed E-state index contributed by atoms with van der Waals surface area (Å²) in [6.07, 6.45) is 18.4. The van der Waals surface area contributed by atoms with Crippen molar-refractivity contribution in [1.82, 2.24) is 0 Å². The quantitative estimate of drug-likeness (QED) is 0.111. The van der Waals surface area contributed by atoms with Crippen LogP contribution in [-0.4, -0.2) is 12.5 Å². The first kappa shape index (κ1) is 37.0. The third-order valence-corrected chi connectivity index (χ3v) is 8.65. The zero-order valence-electron chi connectivity index (χ0n) is 27.4. The van der Waals surface area contributed by atoms with E-state index in [0.29, 0.717) is 13.0 Å². The molecule has 0 radical (unpaired) electrons. The number of carbonyl (C=O) groups is 1. The maximum atomic E-state index is 13.2.